The summed E-state index contributed by atoms with van der Waals surface area (Å²) in [6.07, 6.45) is 0. The minimum atomic E-state index is -0.198. The summed E-state index contributed by atoms with van der Waals surface area (Å²) in [7, 11) is 1.69. The zero-order valence-electron chi connectivity index (χ0n) is 11.9. The predicted octanol–water partition coefficient (Wildman–Crippen LogP) is 3.82. The largest absolute Gasteiger partial charge is 0.380 e. The molecule has 1 atom stereocenters. The number of nitrogens with one attached hydrogen (secondary N) is 1. The van der Waals surface area contributed by atoms with Gasteiger partial charge in [-0.2, -0.15) is 0 Å². The van der Waals surface area contributed by atoms with E-state index in [2.05, 4.69) is 17.4 Å². The average molecular weight is 273 g/mol. The second kappa shape index (κ2) is 7.17. The average Bonchev–Trinajstić information content (AvgIpc) is 2.46. The summed E-state index contributed by atoms with van der Waals surface area (Å²) in [6, 6.07) is 15.0. The van der Waals surface area contributed by atoms with E-state index in [1.807, 2.05) is 25.1 Å². The van der Waals surface area contributed by atoms with Gasteiger partial charge in [-0.15, -0.1) is 0 Å². The highest BCUT2D eigenvalue weighted by atomic mass is 19.1. The van der Waals surface area contributed by atoms with E-state index < -0.39 is 0 Å². The Bertz CT molecular complexity index is 556. The minimum absolute atomic E-state index is 0.0984. The number of halogens is 1. The Kier molecular flexibility index (Phi) is 5.27. The molecule has 2 nitrogen and oxygen atoms in total. The zero-order chi connectivity index (χ0) is 14.4. The summed E-state index contributed by atoms with van der Waals surface area (Å²) < 4.78 is 18.4. The van der Waals surface area contributed by atoms with Crippen molar-refractivity contribution in [3.63, 3.8) is 0 Å². The van der Waals surface area contributed by atoms with E-state index >= 15 is 0 Å². The van der Waals surface area contributed by atoms with Gasteiger partial charge in [-0.3, -0.25) is 0 Å². The first kappa shape index (κ1) is 14.7. The standard InChI is InChI=1S/C17H20FNO/c1-13(14-8-5-9-17(18)10-14)19-11-15-6-3-4-7-16(15)12-20-2/h3-10,13,19H,11-12H2,1-2H3/t13-/m0/s1. The normalized spacial score (nSPS) is 12.3. The monoisotopic (exact) mass is 273 g/mol. The summed E-state index contributed by atoms with van der Waals surface area (Å²) >= 11 is 0. The van der Waals surface area contributed by atoms with Gasteiger partial charge in [-0.05, 0) is 35.7 Å². The molecule has 0 spiro atoms. The minimum Gasteiger partial charge on any atom is -0.380 e. The molecular weight excluding hydrogens is 253 g/mol. The molecule has 0 aliphatic carbocycles. The first-order valence-electron chi connectivity index (χ1n) is 6.75. The number of hydrogen-bond acceptors (Lipinski definition) is 2. The van der Waals surface area contributed by atoms with E-state index in [1.165, 1.54) is 17.2 Å². The fourth-order valence-corrected chi connectivity index (χ4v) is 2.18. The van der Waals surface area contributed by atoms with E-state index in [9.17, 15) is 4.39 Å². The number of methoxy groups -OCH3 is 1. The van der Waals surface area contributed by atoms with Crippen LogP contribution in [0.15, 0.2) is 48.5 Å². The van der Waals surface area contributed by atoms with Crippen LogP contribution in [0.2, 0.25) is 0 Å². The number of benzene rings is 2. The topological polar surface area (TPSA) is 21.3 Å². The van der Waals surface area contributed by atoms with Gasteiger partial charge in [-0.25, -0.2) is 4.39 Å². The molecule has 0 saturated carbocycles. The lowest BCUT2D eigenvalue weighted by Crippen LogP contribution is -2.19. The van der Waals surface area contributed by atoms with Crippen molar-refractivity contribution in [2.45, 2.75) is 26.1 Å². The lowest BCUT2D eigenvalue weighted by molar-refractivity contribution is 0.184. The summed E-state index contributed by atoms with van der Waals surface area (Å²) in [5, 5.41) is 3.42. The van der Waals surface area contributed by atoms with Crippen molar-refractivity contribution < 1.29 is 9.13 Å². The van der Waals surface area contributed by atoms with Gasteiger partial charge in [0.05, 0.1) is 6.61 Å². The summed E-state index contributed by atoms with van der Waals surface area (Å²) in [6.45, 7) is 3.37. The highest BCUT2D eigenvalue weighted by Crippen LogP contribution is 2.16. The predicted molar refractivity (Wildman–Crippen MR) is 78.8 cm³/mol. The van der Waals surface area contributed by atoms with E-state index in [0.717, 1.165) is 12.1 Å². The lowest BCUT2D eigenvalue weighted by Gasteiger charge is -2.16. The van der Waals surface area contributed by atoms with E-state index in [4.69, 9.17) is 4.74 Å². The van der Waals surface area contributed by atoms with Gasteiger partial charge in [0.2, 0.25) is 0 Å². The molecule has 3 heteroatoms. The summed E-state index contributed by atoms with van der Waals surface area (Å²) in [5.74, 6) is -0.198. The number of hydrogen-bond donors (Lipinski definition) is 1. The Morgan fingerprint density at radius 3 is 2.55 bits per heavy atom. The van der Waals surface area contributed by atoms with Gasteiger partial charge in [0.15, 0.2) is 0 Å². The third-order valence-corrected chi connectivity index (χ3v) is 3.37. The smallest absolute Gasteiger partial charge is 0.123 e. The summed E-state index contributed by atoms with van der Waals surface area (Å²) in [4.78, 5) is 0. The van der Waals surface area contributed by atoms with E-state index in [-0.39, 0.29) is 11.9 Å². The molecule has 106 valence electrons. The molecule has 0 aliphatic heterocycles. The molecule has 0 radical (unpaired) electrons. The maximum Gasteiger partial charge on any atom is 0.123 e. The molecule has 0 bridgehead atoms. The SMILES string of the molecule is COCc1ccccc1CN[C@@H](C)c1cccc(F)c1. The first-order chi connectivity index (χ1) is 9.70. The molecule has 0 heterocycles. The van der Waals surface area contributed by atoms with Gasteiger partial charge >= 0.3 is 0 Å². The quantitative estimate of drug-likeness (QED) is 0.864. The molecule has 2 aromatic carbocycles. The van der Waals surface area contributed by atoms with Gasteiger partial charge in [0.1, 0.15) is 5.82 Å². The number of rotatable bonds is 6. The molecule has 1 N–H and O–H groups in total. The van der Waals surface area contributed by atoms with Gasteiger partial charge in [-0.1, -0.05) is 36.4 Å². The van der Waals surface area contributed by atoms with E-state index in [0.29, 0.717) is 6.61 Å². The Morgan fingerprint density at radius 1 is 1.10 bits per heavy atom. The van der Waals surface area contributed by atoms with Gasteiger partial charge in [0.25, 0.3) is 0 Å². The van der Waals surface area contributed by atoms with Crippen LogP contribution >= 0.6 is 0 Å². The number of ether oxygens (including phenoxy) is 1. The van der Waals surface area contributed by atoms with Crippen molar-refractivity contribution in [1.82, 2.24) is 5.32 Å². The highest BCUT2D eigenvalue weighted by Gasteiger charge is 2.07. The van der Waals surface area contributed by atoms with Crippen molar-refractivity contribution >= 4 is 0 Å². The van der Waals surface area contributed by atoms with Crippen LogP contribution in [0.25, 0.3) is 0 Å². The van der Waals surface area contributed by atoms with Crippen LogP contribution in [0.4, 0.5) is 4.39 Å². The van der Waals surface area contributed by atoms with Crippen LogP contribution in [-0.4, -0.2) is 7.11 Å². The van der Waals surface area contributed by atoms with Crippen LogP contribution in [-0.2, 0) is 17.9 Å². The third-order valence-electron chi connectivity index (χ3n) is 3.37. The zero-order valence-corrected chi connectivity index (χ0v) is 11.9. The molecule has 0 unspecified atom stereocenters. The molecule has 20 heavy (non-hydrogen) atoms. The summed E-state index contributed by atoms with van der Waals surface area (Å²) in [5.41, 5.74) is 3.33. The van der Waals surface area contributed by atoms with Gasteiger partial charge < -0.3 is 10.1 Å². The maximum atomic E-state index is 13.2. The molecule has 0 aliphatic rings. The molecule has 0 fully saturated rings. The van der Waals surface area contributed by atoms with Gasteiger partial charge in [0, 0.05) is 19.7 Å². The second-order valence-electron chi connectivity index (χ2n) is 4.86. The third kappa shape index (κ3) is 3.89. The molecule has 2 rings (SSSR count). The van der Waals surface area contributed by atoms with Crippen LogP contribution in [0.5, 0.6) is 0 Å². The first-order valence-corrected chi connectivity index (χ1v) is 6.75. The van der Waals surface area contributed by atoms with Crippen LogP contribution in [0, 0.1) is 5.82 Å². The Labute approximate surface area is 119 Å². The maximum absolute atomic E-state index is 13.2. The molecular formula is C17H20FNO. The van der Waals surface area contributed by atoms with Crippen molar-refractivity contribution in [3.8, 4) is 0 Å². The second-order valence-corrected chi connectivity index (χ2v) is 4.86. The fraction of sp³-hybridized carbons (Fsp3) is 0.294. The molecule has 2 aromatic rings. The van der Waals surface area contributed by atoms with Crippen LogP contribution in [0.3, 0.4) is 0 Å². The Hall–Kier alpha value is -1.71. The van der Waals surface area contributed by atoms with Crippen LogP contribution < -0.4 is 5.32 Å². The Balaban J connectivity index is 2.01. The lowest BCUT2D eigenvalue weighted by atomic mass is 10.1. The molecule has 0 aromatic heterocycles. The van der Waals surface area contributed by atoms with Crippen molar-refractivity contribution in [1.29, 1.82) is 0 Å². The van der Waals surface area contributed by atoms with Crippen LogP contribution in [0.1, 0.15) is 29.7 Å². The molecule has 0 saturated heterocycles. The molecule has 0 amide bonds. The van der Waals surface area contributed by atoms with Crippen molar-refractivity contribution in [2.75, 3.05) is 7.11 Å². The van der Waals surface area contributed by atoms with Crippen molar-refractivity contribution in [3.05, 3.63) is 71.0 Å². The van der Waals surface area contributed by atoms with Crippen molar-refractivity contribution in [2.24, 2.45) is 0 Å². The Morgan fingerprint density at radius 2 is 1.85 bits per heavy atom. The fourth-order valence-electron chi connectivity index (χ4n) is 2.18. The van der Waals surface area contributed by atoms with E-state index in [1.54, 1.807) is 19.2 Å². The highest BCUT2D eigenvalue weighted by molar-refractivity contribution is 5.27.